The zero-order chi connectivity index (χ0) is 90.2. The molecule has 0 atom stereocenters. The molecule has 14 heteroatoms. The molecule has 0 N–H and O–H groups in total. The lowest BCUT2D eigenvalue weighted by atomic mass is 9.82. The highest BCUT2D eigenvalue weighted by Crippen LogP contribution is 2.53. The summed E-state index contributed by atoms with van der Waals surface area (Å²) in [6.07, 6.45) is 0. The van der Waals surface area contributed by atoms with Gasteiger partial charge >= 0.3 is 0 Å². The SMILES string of the molecule is CC1(C)c2ccccc2-c2cc3c(cc21)c1ccccc1n3-c1ccc(-c2nc(-c3ccccc3)nc3sc4ccccc4c23)cc1.c1ccc(-c2nc(-c3cccc(-n4c5ccccc5c5cc6oc7ccccc7c6cc54)c3)c3c(n2)sc2ccccc23)cc1.c1ccc(-c2nc(-c3cccc(-n4c5ccccc5c5cc6sc7ccccc7c6cc54)c3)c3c(n2)sc2ccccc23)cc1. The molecule has 18 aromatic carbocycles. The van der Waals surface area contributed by atoms with Gasteiger partial charge in [0.05, 0.1) is 50.2 Å². The molecule has 1 aliphatic carbocycles. The monoisotopic (exact) mass is 1820 g/mol. The molecule has 0 fully saturated rings. The smallest absolute Gasteiger partial charge is 0.161 e. The first-order valence-electron chi connectivity index (χ1n) is 46.1. The standard InChI is InChI=1S/C43H29N3S.C40H23N3OS.C40H23N3S2/c1-43(2)34-17-9-6-14-29(34)32-25-37-33(24-35(32)43)30-15-7-10-18-36(30)46(37)28-22-20-26(21-23-28)40-39-31-16-8-11-19-38(31)47-42(39)45-41(44-40)27-12-4-3-5-13-27;1-2-11-24(12-3-1)39-41-38(37-29-17-6-9-20-36(29)45-40(37)42-39)25-13-10-14-26(21-25)43-32-18-7-4-15-27(32)30-23-35-31(22-33(30)43)28-16-5-8-19-34(28)44-35;1-2-11-24(12-3-1)39-41-38(37-29-17-6-9-20-35(29)45-40(37)42-39)25-13-10-14-26(21-25)43-32-18-7-4-15-27(32)30-23-36-31(22-33(30)43)28-16-5-8-19-34(28)44-36/h3-25H,1-2H3;2*1-23H. The van der Waals surface area contributed by atoms with Crippen LogP contribution in [0.4, 0.5) is 0 Å². The van der Waals surface area contributed by atoms with Crippen LogP contribution in [0.3, 0.4) is 0 Å². The van der Waals surface area contributed by atoms with E-state index in [1.54, 1.807) is 34.0 Å². The van der Waals surface area contributed by atoms with Crippen LogP contribution in [-0.2, 0) is 5.41 Å². The topological polar surface area (TPSA) is 105 Å². The highest BCUT2D eigenvalue weighted by molar-refractivity contribution is 7.27. The predicted molar refractivity (Wildman–Crippen MR) is 578 cm³/mol. The van der Waals surface area contributed by atoms with E-state index in [4.69, 9.17) is 34.3 Å². The van der Waals surface area contributed by atoms with Gasteiger partial charge < -0.3 is 18.1 Å². The average molecular weight is 1820 g/mol. The molecule has 0 saturated carbocycles. The maximum atomic E-state index is 6.29. The van der Waals surface area contributed by atoms with Gasteiger partial charge in [-0.1, -0.05) is 311 Å². The quantitative estimate of drug-likeness (QED) is 0.142. The van der Waals surface area contributed by atoms with E-state index in [2.05, 4.69) is 379 Å². The molecule has 1 aliphatic rings. The van der Waals surface area contributed by atoms with Crippen molar-refractivity contribution in [3.8, 4) is 96.1 Å². The van der Waals surface area contributed by atoms with E-state index in [9.17, 15) is 0 Å². The highest BCUT2D eigenvalue weighted by atomic mass is 32.1. The lowest BCUT2D eigenvalue weighted by Crippen LogP contribution is -2.14. The van der Waals surface area contributed by atoms with Gasteiger partial charge in [0.2, 0.25) is 0 Å². The fraction of sp³-hybridized carbons (Fsp3) is 0.0244. The third-order valence-corrected chi connectivity index (χ3v) is 32.0. The predicted octanol–water partition coefficient (Wildman–Crippen LogP) is 34.4. The Labute approximate surface area is 800 Å². The molecule has 0 unspecified atom stereocenters. The second-order valence-electron chi connectivity index (χ2n) is 35.8. The lowest BCUT2D eigenvalue weighted by molar-refractivity contribution is 0.661. The van der Waals surface area contributed by atoms with Crippen LogP contribution in [0.1, 0.15) is 25.0 Å². The highest BCUT2D eigenvalue weighted by Gasteiger charge is 2.37. The zero-order valence-electron chi connectivity index (χ0n) is 73.9. The Balaban J connectivity index is 0.000000102. The van der Waals surface area contributed by atoms with Crippen molar-refractivity contribution in [2.24, 2.45) is 0 Å². The normalized spacial score (nSPS) is 12.5. The number of fused-ring (bicyclic) bond motifs is 27. The number of hydrogen-bond acceptors (Lipinski definition) is 11. The summed E-state index contributed by atoms with van der Waals surface area (Å²) in [4.78, 5) is 33.9. The van der Waals surface area contributed by atoms with E-state index in [-0.39, 0.29) is 5.41 Å². The largest absolute Gasteiger partial charge is 0.456 e. The summed E-state index contributed by atoms with van der Waals surface area (Å²) in [5.74, 6) is 2.24. The average Bonchev–Trinajstić information content (AvgIpc) is 1.55. The molecule has 10 nitrogen and oxygen atoms in total. The molecular formula is C123H75N9OS4. The van der Waals surface area contributed by atoms with E-state index >= 15 is 0 Å². The van der Waals surface area contributed by atoms with Crippen molar-refractivity contribution in [3.63, 3.8) is 0 Å². The van der Waals surface area contributed by atoms with Crippen LogP contribution in [0.5, 0.6) is 0 Å². The van der Waals surface area contributed by atoms with E-state index in [1.807, 2.05) is 78.1 Å². The number of furan rings is 1. The molecule has 0 bridgehead atoms. The summed E-state index contributed by atoms with van der Waals surface area (Å²) in [6, 6.07) is 149. The Morgan fingerprint density at radius 2 is 0.591 bits per heavy atom. The first-order valence-corrected chi connectivity index (χ1v) is 49.4. The molecule has 0 saturated heterocycles. The fourth-order valence-electron chi connectivity index (χ4n) is 21.4. The summed E-state index contributed by atoms with van der Waals surface area (Å²) in [6.45, 7) is 4.71. The molecule has 11 heterocycles. The first kappa shape index (κ1) is 78.9. The van der Waals surface area contributed by atoms with Gasteiger partial charge in [-0.25, -0.2) is 29.9 Å². The van der Waals surface area contributed by atoms with Gasteiger partial charge in [-0.3, -0.25) is 0 Å². The Hall–Kier alpha value is -16.7. The van der Waals surface area contributed by atoms with Gasteiger partial charge in [-0.05, 0) is 144 Å². The number of hydrogen-bond donors (Lipinski definition) is 0. The van der Waals surface area contributed by atoms with Gasteiger partial charge in [-0.15, -0.1) is 45.3 Å². The summed E-state index contributed by atoms with van der Waals surface area (Å²) in [5, 5.41) is 19.2. The molecule has 642 valence electrons. The maximum Gasteiger partial charge on any atom is 0.161 e. The van der Waals surface area contributed by atoms with E-state index in [0.29, 0.717) is 0 Å². The lowest BCUT2D eigenvalue weighted by Gasteiger charge is -2.21. The fourth-order valence-corrected chi connectivity index (χ4v) is 25.7. The maximum absolute atomic E-state index is 6.29. The number of benzene rings is 18. The second-order valence-corrected chi connectivity index (χ2v) is 40.0. The van der Waals surface area contributed by atoms with Crippen LogP contribution in [0.2, 0.25) is 0 Å². The molecule has 29 aromatic rings. The number of aromatic nitrogens is 9. The molecule has 137 heavy (non-hydrogen) atoms. The number of thiophene rings is 4. The Morgan fingerprint density at radius 3 is 1.09 bits per heavy atom. The third kappa shape index (κ3) is 12.6. The van der Waals surface area contributed by atoms with Crippen molar-refractivity contribution < 1.29 is 4.42 Å². The Kier molecular flexibility index (Phi) is 18.0. The Bertz CT molecular complexity index is 9670. The molecule has 0 aliphatic heterocycles. The van der Waals surface area contributed by atoms with Gasteiger partial charge in [-0.2, -0.15) is 0 Å². The van der Waals surface area contributed by atoms with Crippen molar-refractivity contribution in [1.29, 1.82) is 0 Å². The molecule has 0 radical (unpaired) electrons. The molecular weight excluding hydrogens is 1750 g/mol. The van der Waals surface area contributed by atoms with Crippen molar-refractivity contribution in [2.75, 3.05) is 0 Å². The van der Waals surface area contributed by atoms with Crippen molar-refractivity contribution in [1.82, 2.24) is 43.6 Å². The van der Waals surface area contributed by atoms with Gasteiger partial charge in [0.25, 0.3) is 0 Å². The van der Waals surface area contributed by atoms with Gasteiger partial charge in [0.1, 0.15) is 25.7 Å². The van der Waals surface area contributed by atoms with Crippen molar-refractivity contribution in [3.05, 3.63) is 430 Å². The van der Waals surface area contributed by atoms with Gasteiger partial charge in [0, 0.05) is 166 Å². The number of para-hydroxylation sites is 4. The van der Waals surface area contributed by atoms with E-state index in [1.165, 1.54) is 127 Å². The van der Waals surface area contributed by atoms with Gasteiger partial charge in [0.15, 0.2) is 17.5 Å². The summed E-state index contributed by atoms with van der Waals surface area (Å²) in [5.41, 5.74) is 26.9. The summed E-state index contributed by atoms with van der Waals surface area (Å²) in [7, 11) is 0. The summed E-state index contributed by atoms with van der Waals surface area (Å²) < 4.78 is 19.8. The van der Waals surface area contributed by atoms with Crippen LogP contribution in [-0.4, -0.2) is 43.6 Å². The minimum Gasteiger partial charge on any atom is -0.456 e. The minimum atomic E-state index is -0.0434. The Morgan fingerprint density at radius 1 is 0.212 bits per heavy atom. The zero-order valence-corrected chi connectivity index (χ0v) is 77.2. The molecule has 30 rings (SSSR count). The molecule has 0 amide bonds. The van der Waals surface area contributed by atoms with E-state index in [0.717, 1.165) is 149 Å². The summed E-state index contributed by atoms with van der Waals surface area (Å²) >= 11 is 7.06. The van der Waals surface area contributed by atoms with Crippen LogP contribution < -0.4 is 0 Å². The van der Waals surface area contributed by atoms with Crippen LogP contribution in [0, 0.1) is 0 Å². The van der Waals surface area contributed by atoms with Crippen molar-refractivity contribution in [2.45, 2.75) is 19.3 Å². The minimum absolute atomic E-state index is 0.0434. The number of rotatable bonds is 9. The van der Waals surface area contributed by atoms with Crippen LogP contribution in [0.15, 0.2) is 423 Å². The van der Waals surface area contributed by atoms with E-state index < -0.39 is 0 Å². The van der Waals surface area contributed by atoms with Crippen LogP contribution in [0.25, 0.3) is 265 Å². The molecule has 0 spiro atoms. The number of nitrogens with zero attached hydrogens (tertiary/aromatic N) is 9. The van der Waals surface area contributed by atoms with Crippen molar-refractivity contribution >= 4 is 214 Å². The van der Waals surface area contributed by atoms with Crippen LogP contribution >= 0.6 is 45.3 Å². The second kappa shape index (κ2) is 31.2. The molecule has 11 aromatic heterocycles. The first-order chi connectivity index (χ1) is 67.7. The third-order valence-electron chi connectivity index (χ3n) is 27.7.